The van der Waals surface area contributed by atoms with Crippen LogP contribution in [0, 0.1) is 0 Å². The summed E-state index contributed by atoms with van der Waals surface area (Å²) >= 11 is 0. The first-order chi connectivity index (χ1) is 10.8. The Morgan fingerprint density at radius 3 is 2.86 bits per heavy atom. The van der Waals surface area contributed by atoms with Crippen LogP contribution < -0.4 is 10.9 Å². The molecule has 5 heteroatoms. The van der Waals surface area contributed by atoms with Gasteiger partial charge in [-0.15, -0.1) is 0 Å². The third-order valence-electron chi connectivity index (χ3n) is 3.86. The fourth-order valence-electron chi connectivity index (χ4n) is 2.36. The first kappa shape index (κ1) is 14.9. The van der Waals surface area contributed by atoms with Gasteiger partial charge in [0.25, 0.3) is 5.56 Å². The van der Waals surface area contributed by atoms with Crippen LogP contribution in [0.25, 0.3) is 11.4 Å². The van der Waals surface area contributed by atoms with Crippen molar-refractivity contribution in [2.24, 2.45) is 0 Å². The van der Waals surface area contributed by atoms with E-state index in [2.05, 4.69) is 22.3 Å². The summed E-state index contributed by atoms with van der Waals surface area (Å²) in [4.78, 5) is 16.9. The maximum absolute atomic E-state index is 12.5. The second-order valence-electron chi connectivity index (χ2n) is 5.81. The van der Waals surface area contributed by atoms with E-state index < -0.39 is 0 Å². The van der Waals surface area contributed by atoms with Crippen LogP contribution in [-0.2, 0) is 13.1 Å². The van der Waals surface area contributed by atoms with Gasteiger partial charge >= 0.3 is 0 Å². The SMILES string of the molecule is CCCCn1nc(-c2ccccn2)cc(CNC2CC2)c1=O. The van der Waals surface area contributed by atoms with Crippen molar-refractivity contribution in [3.05, 3.63) is 46.4 Å². The fourth-order valence-corrected chi connectivity index (χ4v) is 2.36. The van der Waals surface area contributed by atoms with E-state index in [-0.39, 0.29) is 5.56 Å². The van der Waals surface area contributed by atoms with Gasteiger partial charge in [-0.2, -0.15) is 5.10 Å². The number of nitrogens with zero attached hydrogens (tertiary/aromatic N) is 3. The second-order valence-corrected chi connectivity index (χ2v) is 5.81. The fraction of sp³-hybridized carbons (Fsp3) is 0.471. The number of nitrogens with one attached hydrogen (secondary N) is 1. The van der Waals surface area contributed by atoms with E-state index in [1.54, 1.807) is 10.9 Å². The van der Waals surface area contributed by atoms with Crippen LogP contribution in [0.2, 0.25) is 0 Å². The molecule has 0 saturated heterocycles. The Morgan fingerprint density at radius 1 is 1.32 bits per heavy atom. The topological polar surface area (TPSA) is 59.8 Å². The van der Waals surface area contributed by atoms with E-state index in [9.17, 15) is 4.79 Å². The number of aryl methyl sites for hydroxylation is 1. The predicted octanol–water partition coefficient (Wildman–Crippen LogP) is 2.36. The molecular weight excluding hydrogens is 276 g/mol. The number of pyridine rings is 1. The summed E-state index contributed by atoms with van der Waals surface area (Å²) in [6, 6.07) is 8.20. The summed E-state index contributed by atoms with van der Waals surface area (Å²) < 4.78 is 1.59. The summed E-state index contributed by atoms with van der Waals surface area (Å²) in [5.41, 5.74) is 2.37. The molecule has 2 aromatic rings. The molecule has 1 aliphatic carbocycles. The van der Waals surface area contributed by atoms with Crippen LogP contribution in [0.1, 0.15) is 38.2 Å². The highest BCUT2D eigenvalue weighted by Gasteiger charge is 2.21. The molecule has 1 saturated carbocycles. The first-order valence-electron chi connectivity index (χ1n) is 8.03. The van der Waals surface area contributed by atoms with Crippen molar-refractivity contribution in [1.82, 2.24) is 20.1 Å². The molecule has 0 unspecified atom stereocenters. The van der Waals surface area contributed by atoms with Crippen LogP contribution in [0.5, 0.6) is 0 Å². The average molecular weight is 298 g/mol. The van der Waals surface area contributed by atoms with E-state index in [1.165, 1.54) is 12.8 Å². The number of unbranched alkanes of at least 4 members (excludes halogenated alkanes) is 1. The lowest BCUT2D eigenvalue weighted by Gasteiger charge is -2.10. The number of hydrogen-bond donors (Lipinski definition) is 1. The third kappa shape index (κ3) is 3.60. The van der Waals surface area contributed by atoms with E-state index in [1.807, 2.05) is 24.3 Å². The number of aromatic nitrogens is 3. The first-order valence-corrected chi connectivity index (χ1v) is 8.03. The zero-order valence-electron chi connectivity index (χ0n) is 13.0. The van der Waals surface area contributed by atoms with Gasteiger partial charge in [-0.25, -0.2) is 4.68 Å². The molecule has 5 nitrogen and oxygen atoms in total. The van der Waals surface area contributed by atoms with E-state index >= 15 is 0 Å². The molecule has 3 rings (SSSR count). The molecule has 0 spiro atoms. The smallest absolute Gasteiger partial charge is 0.271 e. The molecule has 22 heavy (non-hydrogen) atoms. The standard InChI is InChI=1S/C17H22N4O/c1-2-3-10-21-17(22)13(12-19-14-7-8-14)11-16(20-21)15-6-4-5-9-18-15/h4-6,9,11,14,19H,2-3,7-8,10,12H2,1H3. The molecule has 0 aromatic carbocycles. The summed E-state index contributed by atoms with van der Waals surface area (Å²) in [6.07, 6.45) is 6.16. The number of rotatable bonds is 7. The molecule has 1 aliphatic rings. The minimum atomic E-state index is 0.0151. The van der Waals surface area contributed by atoms with Crippen molar-refractivity contribution in [2.75, 3.05) is 0 Å². The molecule has 0 bridgehead atoms. The molecular formula is C17H22N4O. The molecule has 1 fully saturated rings. The van der Waals surface area contributed by atoms with Gasteiger partial charge in [0.1, 0.15) is 5.69 Å². The Bertz CT molecular complexity index is 677. The Balaban J connectivity index is 1.94. The van der Waals surface area contributed by atoms with Gasteiger partial charge in [0.15, 0.2) is 0 Å². The highest BCUT2D eigenvalue weighted by atomic mass is 16.1. The maximum Gasteiger partial charge on any atom is 0.271 e. The van der Waals surface area contributed by atoms with Crippen LogP contribution >= 0.6 is 0 Å². The monoisotopic (exact) mass is 298 g/mol. The molecule has 0 aliphatic heterocycles. The van der Waals surface area contributed by atoms with Crippen molar-refractivity contribution in [3.8, 4) is 11.4 Å². The zero-order valence-corrected chi connectivity index (χ0v) is 13.0. The van der Waals surface area contributed by atoms with Crippen LogP contribution in [0.15, 0.2) is 35.3 Å². The summed E-state index contributed by atoms with van der Waals surface area (Å²) in [7, 11) is 0. The Kier molecular flexibility index (Phi) is 4.63. The maximum atomic E-state index is 12.5. The van der Waals surface area contributed by atoms with E-state index in [0.717, 1.165) is 29.8 Å². The van der Waals surface area contributed by atoms with Gasteiger partial charge in [0, 0.05) is 30.9 Å². The van der Waals surface area contributed by atoms with Gasteiger partial charge in [-0.05, 0) is 37.5 Å². The molecule has 116 valence electrons. The molecule has 1 N–H and O–H groups in total. The van der Waals surface area contributed by atoms with Gasteiger partial charge in [0.2, 0.25) is 0 Å². The largest absolute Gasteiger partial charge is 0.310 e. The number of hydrogen-bond acceptors (Lipinski definition) is 4. The summed E-state index contributed by atoms with van der Waals surface area (Å²) in [6.45, 7) is 3.38. The highest BCUT2D eigenvalue weighted by Crippen LogP contribution is 2.19. The molecule has 0 atom stereocenters. The molecule has 0 amide bonds. The van der Waals surface area contributed by atoms with Crippen molar-refractivity contribution in [1.29, 1.82) is 0 Å². The summed E-state index contributed by atoms with van der Waals surface area (Å²) in [5.74, 6) is 0. The summed E-state index contributed by atoms with van der Waals surface area (Å²) in [5, 5.41) is 7.91. The Hall–Kier alpha value is -2.01. The van der Waals surface area contributed by atoms with Crippen molar-refractivity contribution < 1.29 is 0 Å². The Morgan fingerprint density at radius 2 is 2.18 bits per heavy atom. The van der Waals surface area contributed by atoms with Gasteiger partial charge in [-0.1, -0.05) is 19.4 Å². The lowest BCUT2D eigenvalue weighted by atomic mass is 10.2. The second kappa shape index (κ2) is 6.83. The third-order valence-corrected chi connectivity index (χ3v) is 3.86. The molecule has 0 radical (unpaired) electrons. The van der Waals surface area contributed by atoms with Crippen molar-refractivity contribution >= 4 is 0 Å². The Labute approximate surface area is 130 Å². The van der Waals surface area contributed by atoms with Crippen LogP contribution in [-0.4, -0.2) is 20.8 Å². The van der Waals surface area contributed by atoms with Crippen molar-refractivity contribution in [2.45, 2.75) is 51.7 Å². The molecule has 2 aromatic heterocycles. The van der Waals surface area contributed by atoms with Crippen molar-refractivity contribution in [3.63, 3.8) is 0 Å². The minimum absolute atomic E-state index is 0.0151. The zero-order chi connectivity index (χ0) is 15.4. The minimum Gasteiger partial charge on any atom is -0.310 e. The quantitative estimate of drug-likeness (QED) is 0.852. The highest BCUT2D eigenvalue weighted by molar-refractivity contribution is 5.53. The van der Waals surface area contributed by atoms with Crippen LogP contribution in [0.3, 0.4) is 0 Å². The lowest BCUT2D eigenvalue weighted by Crippen LogP contribution is -2.30. The van der Waals surface area contributed by atoms with Gasteiger partial charge in [0.05, 0.1) is 5.69 Å². The van der Waals surface area contributed by atoms with E-state index in [4.69, 9.17) is 0 Å². The van der Waals surface area contributed by atoms with Crippen LogP contribution in [0.4, 0.5) is 0 Å². The average Bonchev–Trinajstić information content (AvgIpc) is 3.38. The van der Waals surface area contributed by atoms with Gasteiger partial charge in [-0.3, -0.25) is 9.78 Å². The van der Waals surface area contributed by atoms with Gasteiger partial charge < -0.3 is 5.32 Å². The van der Waals surface area contributed by atoms with E-state index in [0.29, 0.717) is 19.1 Å². The normalized spacial score (nSPS) is 14.2. The predicted molar refractivity (Wildman–Crippen MR) is 86.5 cm³/mol. The molecule has 2 heterocycles. The lowest BCUT2D eigenvalue weighted by molar-refractivity contribution is 0.535.